The Hall–Kier alpha value is 0.940. The van der Waals surface area contributed by atoms with Crippen LogP contribution in [-0.4, -0.2) is 76.1 Å². The van der Waals surface area contributed by atoms with Gasteiger partial charge in [0.05, 0.1) is 6.42 Å². The van der Waals surface area contributed by atoms with E-state index in [4.69, 9.17) is 5.11 Å². The van der Waals surface area contributed by atoms with Crippen molar-refractivity contribution in [1.82, 2.24) is 0 Å². The Morgan fingerprint density at radius 2 is 1.60 bits per heavy atom. The molecule has 0 aliphatic rings. The zero-order valence-corrected chi connectivity index (χ0v) is 4.26. The van der Waals surface area contributed by atoms with E-state index in [1.807, 2.05) is 0 Å². The second-order valence-corrected chi connectivity index (χ2v) is 1.36. The Kier molecular flexibility index (Phi) is 17.0. The van der Waals surface area contributed by atoms with Gasteiger partial charge in [0.25, 0.3) is 0 Å². The third-order valence-corrected chi connectivity index (χ3v) is 0.585. The van der Waals surface area contributed by atoms with Crippen molar-refractivity contribution in [2.75, 3.05) is 0 Å². The van der Waals surface area contributed by atoms with Crippen LogP contribution in [0.3, 0.4) is 0 Å². The van der Waals surface area contributed by atoms with Crippen molar-refractivity contribution in [2.45, 2.75) is 12.8 Å². The summed E-state index contributed by atoms with van der Waals surface area (Å²) < 4.78 is 0. The molecule has 3 N–H and O–H groups in total. The van der Waals surface area contributed by atoms with Gasteiger partial charge in [-0.3, -0.25) is 9.59 Å². The van der Waals surface area contributed by atoms with Crippen molar-refractivity contribution < 1.29 is 14.7 Å². The average molecular weight is 165 g/mol. The molecule has 0 aromatic heterocycles. The van der Waals surface area contributed by atoms with E-state index in [0.717, 1.165) is 0 Å². The van der Waals surface area contributed by atoms with Gasteiger partial charge in [0.15, 0.2) is 0 Å². The first-order chi connectivity index (χ1) is 3.63. The van der Waals surface area contributed by atoms with Crippen molar-refractivity contribution in [3.8, 4) is 0 Å². The number of aliphatic carboxylic acids is 1. The molecule has 0 fully saturated rings. The first-order valence-electron chi connectivity index (χ1n) is 2.13. The number of amides is 1. The van der Waals surface area contributed by atoms with Gasteiger partial charge in [0.1, 0.15) is 0 Å². The molecule has 0 aliphatic carbocycles. The number of carboxylic acid groups (broad SMARTS) is 1. The van der Waals surface area contributed by atoms with Crippen molar-refractivity contribution in [2.24, 2.45) is 5.73 Å². The van der Waals surface area contributed by atoms with Gasteiger partial charge in [-0.05, 0) is 0 Å². The normalized spacial score (nSPS) is 6.80. The minimum atomic E-state index is -0.996. The topological polar surface area (TPSA) is 80.4 Å². The Balaban J connectivity index is -0.000000245. The molecule has 0 saturated carbocycles. The van der Waals surface area contributed by atoms with Crippen LogP contribution in [0.25, 0.3) is 0 Å². The standard InChI is InChI=1S/C4H7NO3.2Na.2H/c5-3(6)1-2-4(7)8;;;;/h1-2H2,(H2,5,6)(H,7,8);;;;. The molecule has 0 aromatic carbocycles. The fourth-order valence-electron chi connectivity index (χ4n) is 0.230. The van der Waals surface area contributed by atoms with Crippen molar-refractivity contribution in [1.29, 1.82) is 0 Å². The number of carbonyl (C=O) groups is 2. The molecule has 0 bridgehead atoms. The molecule has 0 heterocycles. The molecule has 0 atom stereocenters. The summed E-state index contributed by atoms with van der Waals surface area (Å²) in [5.41, 5.74) is 4.64. The quantitative estimate of drug-likeness (QED) is 0.476. The molecule has 50 valence electrons. The van der Waals surface area contributed by atoms with Crippen LogP contribution in [-0.2, 0) is 9.59 Å². The van der Waals surface area contributed by atoms with Crippen molar-refractivity contribution >= 4 is 71.0 Å². The molecule has 0 unspecified atom stereocenters. The predicted octanol–water partition coefficient (Wildman–Crippen LogP) is -1.96. The third-order valence-electron chi connectivity index (χ3n) is 0.585. The summed E-state index contributed by atoms with van der Waals surface area (Å²) in [5.74, 6) is -1.57. The molecule has 0 spiro atoms. The van der Waals surface area contributed by atoms with Gasteiger partial charge in [-0.2, -0.15) is 0 Å². The third kappa shape index (κ3) is 16.0. The van der Waals surface area contributed by atoms with Gasteiger partial charge in [0.2, 0.25) is 5.91 Å². The number of primary amides is 1. The molecule has 0 rings (SSSR count). The average Bonchev–Trinajstić information content (AvgIpc) is 1.61. The van der Waals surface area contributed by atoms with E-state index in [2.05, 4.69) is 5.73 Å². The van der Waals surface area contributed by atoms with Crippen LogP contribution in [0.15, 0.2) is 0 Å². The summed E-state index contributed by atoms with van der Waals surface area (Å²) in [6.45, 7) is 0. The Labute approximate surface area is 103 Å². The number of carbonyl (C=O) groups excluding carboxylic acids is 1. The zero-order valence-electron chi connectivity index (χ0n) is 4.26. The van der Waals surface area contributed by atoms with Gasteiger partial charge in [0, 0.05) is 6.42 Å². The number of hydrogen-bond donors (Lipinski definition) is 2. The summed E-state index contributed by atoms with van der Waals surface area (Å²) in [6, 6.07) is 0. The van der Waals surface area contributed by atoms with Gasteiger partial charge in [-0.25, -0.2) is 0 Å². The van der Waals surface area contributed by atoms with Crippen LogP contribution >= 0.6 is 0 Å². The Morgan fingerprint density at radius 3 is 1.70 bits per heavy atom. The fraction of sp³-hybridized carbons (Fsp3) is 0.500. The van der Waals surface area contributed by atoms with E-state index in [-0.39, 0.29) is 72.0 Å². The summed E-state index contributed by atoms with van der Waals surface area (Å²) in [6.07, 6.45) is -0.245. The van der Waals surface area contributed by atoms with E-state index in [1.54, 1.807) is 0 Å². The summed E-state index contributed by atoms with van der Waals surface area (Å²) in [5, 5.41) is 7.95. The van der Waals surface area contributed by atoms with Gasteiger partial charge in [-0.15, -0.1) is 0 Å². The molecular weight excluding hydrogens is 156 g/mol. The molecule has 4 nitrogen and oxygen atoms in total. The Morgan fingerprint density at radius 1 is 1.20 bits per heavy atom. The molecule has 1 amide bonds. The van der Waals surface area contributed by atoms with Crippen molar-refractivity contribution in [3.05, 3.63) is 0 Å². The second-order valence-electron chi connectivity index (χ2n) is 1.36. The maximum atomic E-state index is 9.86. The van der Waals surface area contributed by atoms with Crippen LogP contribution in [0.2, 0.25) is 0 Å². The first kappa shape index (κ1) is 17.1. The van der Waals surface area contributed by atoms with Gasteiger partial charge in [-0.1, -0.05) is 0 Å². The van der Waals surface area contributed by atoms with E-state index >= 15 is 0 Å². The van der Waals surface area contributed by atoms with Crippen LogP contribution < -0.4 is 5.73 Å². The van der Waals surface area contributed by atoms with Gasteiger partial charge < -0.3 is 10.8 Å². The minimum absolute atomic E-state index is 0. The summed E-state index contributed by atoms with van der Waals surface area (Å²) in [4.78, 5) is 19.6. The van der Waals surface area contributed by atoms with E-state index < -0.39 is 11.9 Å². The SMILES string of the molecule is NC(=O)CCC(=O)O.[NaH].[NaH]. The summed E-state index contributed by atoms with van der Waals surface area (Å²) in [7, 11) is 0. The van der Waals surface area contributed by atoms with Crippen LogP contribution in [0.1, 0.15) is 12.8 Å². The van der Waals surface area contributed by atoms with Crippen LogP contribution in [0.5, 0.6) is 0 Å². The van der Waals surface area contributed by atoms with E-state index in [9.17, 15) is 9.59 Å². The number of rotatable bonds is 3. The Bertz CT molecular complexity index is 103. The molecule has 0 radical (unpaired) electrons. The first-order valence-corrected chi connectivity index (χ1v) is 2.13. The molecular formula is C4H9NNa2O3. The molecule has 10 heavy (non-hydrogen) atoms. The molecule has 0 aliphatic heterocycles. The second kappa shape index (κ2) is 9.94. The predicted molar refractivity (Wildman–Crippen MR) is 40.4 cm³/mol. The molecule has 0 aromatic rings. The zero-order chi connectivity index (χ0) is 6.57. The van der Waals surface area contributed by atoms with E-state index in [1.165, 1.54) is 0 Å². The number of carboxylic acids is 1. The fourth-order valence-corrected chi connectivity index (χ4v) is 0.230. The monoisotopic (exact) mass is 165 g/mol. The number of nitrogens with two attached hydrogens (primary N) is 1. The maximum absolute atomic E-state index is 9.86. The van der Waals surface area contributed by atoms with E-state index in [0.29, 0.717) is 0 Å². The van der Waals surface area contributed by atoms with Crippen LogP contribution in [0, 0.1) is 0 Å². The van der Waals surface area contributed by atoms with Crippen molar-refractivity contribution in [3.63, 3.8) is 0 Å². The number of hydrogen-bond acceptors (Lipinski definition) is 2. The van der Waals surface area contributed by atoms with Gasteiger partial charge >= 0.3 is 65.1 Å². The summed E-state index contributed by atoms with van der Waals surface area (Å²) >= 11 is 0. The van der Waals surface area contributed by atoms with Crippen LogP contribution in [0.4, 0.5) is 0 Å². The molecule has 0 saturated heterocycles. The molecule has 6 heteroatoms.